The minimum Gasteiger partial charge on any atom is -0.497 e. The van der Waals surface area contributed by atoms with E-state index in [2.05, 4.69) is 40.5 Å². The fraction of sp³-hybridized carbons (Fsp3) is 0.480. The van der Waals surface area contributed by atoms with E-state index in [0.29, 0.717) is 12.0 Å². The average molecular weight is 393 g/mol. The topological polar surface area (TPSA) is 41.6 Å². The SMILES string of the molecule is COc1ccc(NC(=O)C2CCCCN2[C@@H]2CCCC[C@@H]2c2ccccc2)cc1. The standard InChI is InChI=1S/C25H32N2O2/c1-29-21-16-14-20(15-17-21)26-25(28)24-13-7-8-18-27(24)23-12-6-5-11-22(23)19-9-3-2-4-10-19/h2-4,9-10,14-17,22-24H,5-8,11-13,18H2,1H3,(H,26,28)/t22-,23-,24?/m1/s1. The number of amides is 1. The molecule has 1 saturated heterocycles. The first-order valence-electron chi connectivity index (χ1n) is 11.0. The molecule has 1 amide bonds. The van der Waals surface area contributed by atoms with Gasteiger partial charge in [0.2, 0.25) is 5.91 Å². The van der Waals surface area contributed by atoms with Crippen LogP contribution in [-0.2, 0) is 4.79 Å². The number of hydrogen-bond donors (Lipinski definition) is 1. The van der Waals surface area contributed by atoms with E-state index in [4.69, 9.17) is 4.74 Å². The lowest BCUT2D eigenvalue weighted by Gasteiger charge is -2.45. The zero-order valence-electron chi connectivity index (χ0n) is 17.3. The van der Waals surface area contributed by atoms with Crippen LogP contribution in [0.5, 0.6) is 5.75 Å². The van der Waals surface area contributed by atoms with E-state index >= 15 is 0 Å². The number of nitrogens with one attached hydrogen (secondary N) is 1. The van der Waals surface area contributed by atoms with Gasteiger partial charge in [-0.25, -0.2) is 0 Å². The molecule has 1 aliphatic carbocycles. The Morgan fingerprint density at radius 1 is 0.931 bits per heavy atom. The van der Waals surface area contributed by atoms with Crippen LogP contribution in [0.4, 0.5) is 5.69 Å². The second-order valence-corrected chi connectivity index (χ2v) is 8.34. The molecule has 1 aliphatic heterocycles. The lowest BCUT2D eigenvalue weighted by molar-refractivity contribution is -0.124. The van der Waals surface area contributed by atoms with Crippen molar-refractivity contribution in [3.63, 3.8) is 0 Å². The summed E-state index contributed by atoms with van der Waals surface area (Å²) in [5, 5.41) is 3.15. The molecule has 4 heteroatoms. The highest BCUT2D eigenvalue weighted by Gasteiger charge is 2.38. The lowest BCUT2D eigenvalue weighted by atomic mass is 9.78. The maximum Gasteiger partial charge on any atom is 0.241 e. The van der Waals surface area contributed by atoms with Crippen LogP contribution in [0, 0.1) is 0 Å². The molecule has 0 aromatic heterocycles. The summed E-state index contributed by atoms with van der Waals surface area (Å²) in [6.07, 6.45) is 8.21. The monoisotopic (exact) mass is 392 g/mol. The number of benzene rings is 2. The average Bonchev–Trinajstić information content (AvgIpc) is 2.80. The highest BCUT2D eigenvalue weighted by Crippen LogP contribution is 2.38. The Bertz CT molecular complexity index is 790. The van der Waals surface area contributed by atoms with E-state index in [-0.39, 0.29) is 11.9 Å². The molecular weight excluding hydrogens is 360 g/mol. The normalized spacial score (nSPS) is 25.3. The molecule has 29 heavy (non-hydrogen) atoms. The van der Waals surface area contributed by atoms with Gasteiger partial charge in [-0.15, -0.1) is 0 Å². The van der Waals surface area contributed by atoms with Crippen molar-refractivity contribution >= 4 is 11.6 Å². The van der Waals surface area contributed by atoms with Crippen LogP contribution in [0.25, 0.3) is 0 Å². The van der Waals surface area contributed by atoms with Crippen LogP contribution in [-0.4, -0.2) is 36.5 Å². The number of methoxy groups -OCH3 is 1. The van der Waals surface area contributed by atoms with Gasteiger partial charge >= 0.3 is 0 Å². The van der Waals surface area contributed by atoms with Gasteiger partial charge in [-0.1, -0.05) is 49.6 Å². The number of nitrogens with zero attached hydrogens (tertiary/aromatic N) is 1. The minimum absolute atomic E-state index is 0.0415. The highest BCUT2D eigenvalue weighted by atomic mass is 16.5. The van der Waals surface area contributed by atoms with Crippen LogP contribution in [0.15, 0.2) is 54.6 Å². The number of rotatable bonds is 5. The van der Waals surface area contributed by atoms with Crippen molar-refractivity contribution in [1.82, 2.24) is 4.90 Å². The summed E-state index contributed by atoms with van der Waals surface area (Å²) in [4.78, 5) is 15.8. The van der Waals surface area contributed by atoms with Crippen molar-refractivity contribution in [1.29, 1.82) is 0 Å². The summed E-state index contributed by atoms with van der Waals surface area (Å²) in [5.74, 6) is 1.46. The first-order chi connectivity index (χ1) is 14.3. The van der Waals surface area contributed by atoms with E-state index in [1.165, 1.54) is 37.7 Å². The molecule has 0 bridgehead atoms. The number of likely N-dealkylation sites (tertiary alicyclic amines) is 1. The van der Waals surface area contributed by atoms with E-state index in [1.54, 1.807) is 7.11 Å². The first-order valence-corrected chi connectivity index (χ1v) is 11.0. The second kappa shape index (κ2) is 9.45. The Morgan fingerprint density at radius 3 is 2.41 bits per heavy atom. The Morgan fingerprint density at radius 2 is 1.66 bits per heavy atom. The third-order valence-electron chi connectivity index (χ3n) is 6.59. The van der Waals surface area contributed by atoms with Gasteiger partial charge < -0.3 is 10.1 Å². The molecule has 154 valence electrons. The highest BCUT2D eigenvalue weighted by molar-refractivity contribution is 5.95. The van der Waals surface area contributed by atoms with Gasteiger partial charge in [0.05, 0.1) is 13.2 Å². The van der Waals surface area contributed by atoms with Crippen LogP contribution in [0.2, 0.25) is 0 Å². The molecule has 4 rings (SSSR count). The molecule has 2 fully saturated rings. The molecule has 1 saturated carbocycles. The molecule has 1 heterocycles. The first kappa shape index (κ1) is 20.0. The number of hydrogen-bond acceptors (Lipinski definition) is 3. The Hall–Kier alpha value is -2.33. The van der Waals surface area contributed by atoms with Crippen molar-refractivity contribution in [3.8, 4) is 5.75 Å². The van der Waals surface area contributed by atoms with Gasteiger partial charge in [0.1, 0.15) is 5.75 Å². The fourth-order valence-corrected chi connectivity index (χ4v) is 5.13. The van der Waals surface area contributed by atoms with Crippen molar-refractivity contribution in [2.24, 2.45) is 0 Å². The third-order valence-corrected chi connectivity index (χ3v) is 6.59. The summed E-state index contributed by atoms with van der Waals surface area (Å²) < 4.78 is 5.22. The van der Waals surface area contributed by atoms with E-state index in [9.17, 15) is 4.79 Å². The summed E-state index contributed by atoms with van der Waals surface area (Å²) in [6.45, 7) is 1.02. The van der Waals surface area contributed by atoms with Gasteiger partial charge in [-0.3, -0.25) is 9.69 Å². The van der Waals surface area contributed by atoms with Crippen molar-refractivity contribution in [3.05, 3.63) is 60.2 Å². The van der Waals surface area contributed by atoms with Gasteiger partial charge in [0.25, 0.3) is 0 Å². The zero-order valence-corrected chi connectivity index (χ0v) is 17.3. The van der Waals surface area contributed by atoms with Gasteiger partial charge in [-0.2, -0.15) is 0 Å². The smallest absolute Gasteiger partial charge is 0.241 e. The summed E-state index contributed by atoms with van der Waals surface area (Å²) >= 11 is 0. The van der Waals surface area contributed by atoms with Crippen LogP contribution in [0.3, 0.4) is 0 Å². The molecular formula is C25H32N2O2. The van der Waals surface area contributed by atoms with Crippen molar-refractivity contribution in [2.75, 3.05) is 19.0 Å². The molecule has 2 aromatic rings. The van der Waals surface area contributed by atoms with E-state index in [1.807, 2.05) is 24.3 Å². The number of piperidine rings is 1. The largest absolute Gasteiger partial charge is 0.497 e. The third kappa shape index (κ3) is 4.64. The summed E-state index contributed by atoms with van der Waals surface area (Å²) in [5.41, 5.74) is 2.27. The predicted molar refractivity (Wildman–Crippen MR) is 117 cm³/mol. The predicted octanol–water partition coefficient (Wildman–Crippen LogP) is 5.21. The summed E-state index contributed by atoms with van der Waals surface area (Å²) in [7, 11) is 1.65. The number of anilines is 1. The maximum atomic E-state index is 13.2. The van der Waals surface area contributed by atoms with Gasteiger partial charge in [-0.05, 0) is 68.0 Å². The molecule has 1 unspecified atom stereocenters. The fourth-order valence-electron chi connectivity index (χ4n) is 5.13. The minimum atomic E-state index is -0.0415. The molecule has 2 aliphatic rings. The van der Waals surface area contributed by atoms with Gasteiger partial charge in [0, 0.05) is 11.7 Å². The van der Waals surface area contributed by atoms with Crippen LogP contribution >= 0.6 is 0 Å². The zero-order chi connectivity index (χ0) is 20.1. The quantitative estimate of drug-likeness (QED) is 0.759. The molecule has 4 nitrogen and oxygen atoms in total. The Balaban J connectivity index is 1.51. The molecule has 2 aromatic carbocycles. The van der Waals surface area contributed by atoms with Crippen LogP contribution < -0.4 is 10.1 Å². The van der Waals surface area contributed by atoms with E-state index in [0.717, 1.165) is 30.8 Å². The van der Waals surface area contributed by atoms with Crippen LogP contribution in [0.1, 0.15) is 56.4 Å². The lowest BCUT2D eigenvalue weighted by Crippen LogP contribution is -2.54. The number of carbonyl (C=O) groups is 1. The molecule has 0 spiro atoms. The van der Waals surface area contributed by atoms with Crippen molar-refractivity contribution < 1.29 is 9.53 Å². The number of ether oxygens (including phenoxy) is 1. The molecule has 3 atom stereocenters. The second-order valence-electron chi connectivity index (χ2n) is 8.34. The van der Waals surface area contributed by atoms with Gasteiger partial charge in [0.15, 0.2) is 0 Å². The number of carbonyl (C=O) groups excluding carboxylic acids is 1. The van der Waals surface area contributed by atoms with E-state index < -0.39 is 0 Å². The Kier molecular flexibility index (Phi) is 6.50. The Labute approximate surface area is 174 Å². The van der Waals surface area contributed by atoms with Crippen molar-refractivity contribution in [2.45, 2.75) is 62.9 Å². The molecule has 1 N–H and O–H groups in total. The molecule has 0 radical (unpaired) electrons. The maximum absolute atomic E-state index is 13.2. The summed E-state index contributed by atoms with van der Waals surface area (Å²) in [6, 6.07) is 18.9.